The maximum Gasteiger partial charge on any atom is 0.340 e. The summed E-state index contributed by atoms with van der Waals surface area (Å²) in [4.78, 5) is 11.6. The van der Waals surface area contributed by atoms with Gasteiger partial charge < -0.3 is 10.5 Å². The normalized spacial score (nSPS) is 11.9. The molecule has 3 heteroatoms. The Bertz CT molecular complexity index is 364. The average Bonchev–Trinajstić information content (AvgIpc) is 2.19. The van der Waals surface area contributed by atoms with Crippen molar-refractivity contribution in [2.75, 3.05) is 6.61 Å². The van der Waals surface area contributed by atoms with Crippen molar-refractivity contribution in [1.29, 1.82) is 0 Å². The summed E-state index contributed by atoms with van der Waals surface area (Å²) in [5.74, 6) is -0.372. The van der Waals surface area contributed by atoms with Gasteiger partial charge in [-0.05, 0) is 19.4 Å². The third kappa shape index (κ3) is 2.84. The third-order valence-corrected chi connectivity index (χ3v) is 1.94. The van der Waals surface area contributed by atoms with E-state index in [1.54, 1.807) is 13.8 Å². The topological polar surface area (TPSA) is 52.3 Å². The van der Waals surface area contributed by atoms with Crippen molar-refractivity contribution in [1.82, 2.24) is 0 Å². The van der Waals surface area contributed by atoms with E-state index in [9.17, 15) is 4.79 Å². The average molecular weight is 205 g/mol. The van der Waals surface area contributed by atoms with Crippen LogP contribution in [0.1, 0.15) is 19.4 Å². The van der Waals surface area contributed by atoms with Gasteiger partial charge >= 0.3 is 5.97 Å². The summed E-state index contributed by atoms with van der Waals surface area (Å²) in [7, 11) is 0. The van der Waals surface area contributed by atoms with Gasteiger partial charge in [0.2, 0.25) is 0 Å². The smallest absolute Gasteiger partial charge is 0.340 e. The molecule has 0 saturated carbocycles. The number of esters is 1. The molecule has 3 nitrogen and oxygen atoms in total. The van der Waals surface area contributed by atoms with E-state index in [1.807, 2.05) is 30.3 Å². The summed E-state index contributed by atoms with van der Waals surface area (Å²) in [5.41, 5.74) is 7.38. The quantitative estimate of drug-likeness (QED) is 0.606. The minimum atomic E-state index is -0.372. The van der Waals surface area contributed by atoms with Crippen molar-refractivity contribution in [2.45, 2.75) is 13.8 Å². The monoisotopic (exact) mass is 205 g/mol. The molecule has 0 heterocycles. The molecule has 0 aromatic heterocycles. The Morgan fingerprint density at radius 2 is 1.93 bits per heavy atom. The number of rotatable bonds is 3. The van der Waals surface area contributed by atoms with Crippen LogP contribution in [0.2, 0.25) is 0 Å². The second-order valence-electron chi connectivity index (χ2n) is 3.14. The summed E-state index contributed by atoms with van der Waals surface area (Å²) < 4.78 is 4.94. The molecule has 1 aromatic carbocycles. The highest BCUT2D eigenvalue weighted by molar-refractivity contribution is 6.17. The van der Waals surface area contributed by atoms with E-state index in [2.05, 4.69) is 0 Å². The van der Waals surface area contributed by atoms with Gasteiger partial charge in [0.1, 0.15) is 0 Å². The first-order valence-corrected chi connectivity index (χ1v) is 4.85. The molecule has 80 valence electrons. The van der Waals surface area contributed by atoms with Crippen molar-refractivity contribution in [3.05, 3.63) is 41.6 Å². The molecule has 0 aliphatic carbocycles. The van der Waals surface area contributed by atoms with Gasteiger partial charge in [-0.3, -0.25) is 0 Å². The molecule has 0 fully saturated rings. The van der Waals surface area contributed by atoms with E-state index in [0.29, 0.717) is 17.9 Å². The molecule has 1 rings (SSSR count). The number of ether oxygens (including phenoxy) is 1. The molecule has 0 amide bonds. The molecule has 0 bridgehead atoms. The van der Waals surface area contributed by atoms with Crippen molar-refractivity contribution in [3.63, 3.8) is 0 Å². The second-order valence-corrected chi connectivity index (χ2v) is 3.14. The van der Waals surface area contributed by atoms with Gasteiger partial charge in [-0.25, -0.2) is 4.79 Å². The van der Waals surface area contributed by atoms with Gasteiger partial charge in [0.25, 0.3) is 0 Å². The molecule has 0 unspecified atom stereocenters. The molecule has 0 saturated heterocycles. The Balaban J connectivity index is 3.06. The molecule has 1 aromatic rings. The summed E-state index contributed by atoms with van der Waals surface area (Å²) in [6.07, 6.45) is 0. The molecule has 0 aliphatic heterocycles. The van der Waals surface area contributed by atoms with Crippen molar-refractivity contribution < 1.29 is 9.53 Å². The minimum Gasteiger partial charge on any atom is -0.462 e. The predicted octanol–water partition coefficient (Wildman–Crippen LogP) is 1.94. The minimum absolute atomic E-state index is 0.350. The van der Waals surface area contributed by atoms with Crippen LogP contribution < -0.4 is 5.73 Å². The molecular weight excluding hydrogens is 190 g/mol. The van der Waals surface area contributed by atoms with Crippen LogP contribution in [-0.4, -0.2) is 12.6 Å². The Kier molecular flexibility index (Phi) is 3.92. The Labute approximate surface area is 89.5 Å². The summed E-state index contributed by atoms with van der Waals surface area (Å²) in [6, 6.07) is 9.28. The number of carbonyl (C=O) groups is 1. The molecular formula is C12H15NO2. The van der Waals surface area contributed by atoms with Gasteiger partial charge in [0.15, 0.2) is 0 Å². The standard InChI is InChI=1S/C12H15NO2/c1-3-15-12(14)11(9(2)13)10-7-5-4-6-8-10/h4-8H,3,13H2,1-2H3/b11-9-. The maximum atomic E-state index is 11.6. The summed E-state index contributed by atoms with van der Waals surface area (Å²) in [5, 5.41) is 0. The van der Waals surface area contributed by atoms with E-state index in [-0.39, 0.29) is 5.97 Å². The Hall–Kier alpha value is -1.77. The van der Waals surface area contributed by atoms with Gasteiger partial charge in [-0.1, -0.05) is 30.3 Å². The number of hydrogen-bond donors (Lipinski definition) is 1. The predicted molar refractivity (Wildman–Crippen MR) is 59.9 cm³/mol. The van der Waals surface area contributed by atoms with Crippen molar-refractivity contribution in [2.24, 2.45) is 5.73 Å². The van der Waals surface area contributed by atoms with E-state index in [4.69, 9.17) is 10.5 Å². The van der Waals surface area contributed by atoms with E-state index in [0.717, 1.165) is 5.56 Å². The van der Waals surface area contributed by atoms with Gasteiger partial charge in [0, 0.05) is 5.70 Å². The fourth-order valence-corrected chi connectivity index (χ4v) is 1.31. The maximum absolute atomic E-state index is 11.6. The SMILES string of the molecule is CCOC(=O)/C(=C(/C)N)c1ccccc1. The third-order valence-electron chi connectivity index (χ3n) is 1.94. The zero-order chi connectivity index (χ0) is 11.3. The summed E-state index contributed by atoms with van der Waals surface area (Å²) in [6.45, 7) is 3.81. The second kappa shape index (κ2) is 5.20. The largest absolute Gasteiger partial charge is 0.462 e. The van der Waals surface area contributed by atoms with Gasteiger partial charge in [0.05, 0.1) is 12.2 Å². The Morgan fingerprint density at radius 1 is 1.33 bits per heavy atom. The molecule has 0 atom stereocenters. The first-order valence-electron chi connectivity index (χ1n) is 4.85. The lowest BCUT2D eigenvalue weighted by atomic mass is 10.0. The molecule has 0 aliphatic rings. The number of allylic oxidation sites excluding steroid dienone is 1. The van der Waals surface area contributed by atoms with Crippen molar-refractivity contribution >= 4 is 11.5 Å². The summed E-state index contributed by atoms with van der Waals surface area (Å²) >= 11 is 0. The van der Waals surface area contributed by atoms with E-state index >= 15 is 0 Å². The number of hydrogen-bond acceptors (Lipinski definition) is 3. The van der Waals surface area contributed by atoms with Gasteiger partial charge in [-0.15, -0.1) is 0 Å². The zero-order valence-electron chi connectivity index (χ0n) is 8.99. The first kappa shape index (κ1) is 11.3. The first-order chi connectivity index (χ1) is 7.16. The van der Waals surface area contributed by atoms with Gasteiger partial charge in [-0.2, -0.15) is 0 Å². The number of benzene rings is 1. The highest BCUT2D eigenvalue weighted by Gasteiger charge is 2.14. The van der Waals surface area contributed by atoms with Crippen LogP contribution in [0.4, 0.5) is 0 Å². The fraction of sp³-hybridized carbons (Fsp3) is 0.250. The lowest BCUT2D eigenvalue weighted by Gasteiger charge is -2.08. The molecule has 0 radical (unpaired) electrons. The Morgan fingerprint density at radius 3 is 2.40 bits per heavy atom. The lowest BCUT2D eigenvalue weighted by molar-refractivity contribution is -0.136. The van der Waals surface area contributed by atoms with Crippen LogP contribution in [0.25, 0.3) is 5.57 Å². The number of nitrogens with two attached hydrogens (primary N) is 1. The molecule has 2 N–H and O–H groups in total. The van der Waals surface area contributed by atoms with Crippen LogP contribution >= 0.6 is 0 Å². The van der Waals surface area contributed by atoms with E-state index in [1.165, 1.54) is 0 Å². The number of carbonyl (C=O) groups excluding carboxylic acids is 1. The van der Waals surface area contributed by atoms with Crippen LogP contribution in [0, 0.1) is 0 Å². The lowest BCUT2D eigenvalue weighted by Crippen LogP contribution is -2.11. The highest BCUT2D eigenvalue weighted by Crippen LogP contribution is 2.17. The highest BCUT2D eigenvalue weighted by atomic mass is 16.5. The van der Waals surface area contributed by atoms with Crippen molar-refractivity contribution in [3.8, 4) is 0 Å². The van der Waals surface area contributed by atoms with E-state index < -0.39 is 0 Å². The van der Waals surface area contributed by atoms with Crippen LogP contribution in [0.5, 0.6) is 0 Å². The van der Waals surface area contributed by atoms with Crippen LogP contribution in [0.15, 0.2) is 36.0 Å². The fourth-order valence-electron chi connectivity index (χ4n) is 1.31. The zero-order valence-corrected chi connectivity index (χ0v) is 8.99. The molecule has 15 heavy (non-hydrogen) atoms. The van der Waals surface area contributed by atoms with Crippen LogP contribution in [-0.2, 0) is 9.53 Å². The van der Waals surface area contributed by atoms with Crippen LogP contribution in [0.3, 0.4) is 0 Å². The molecule has 0 spiro atoms.